The van der Waals surface area contributed by atoms with E-state index in [2.05, 4.69) is 56.7 Å². The average molecular weight is 241 g/mol. The SMILES string of the molecule is Cc1ccc2c(c1)-c1cc(C)ccc1[CH]2.[Ti]. The molecular formula is C15H13Ti. The van der Waals surface area contributed by atoms with Crippen LogP contribution >= 0.6 is 0 Å². The Balaban J connectivity index is 0.000000963. The van der Waals surface area contributed by atoms with Gasteiger partial charge >= 0.3 is 0 Å². The number of hydrogen-bond acceptors (Lipinski definition) is 0. The second-order valence-corrected chi connectivity index (χ2v) is 4.33. The molecule has 0 aromatic heterocycles. The van der Waals surface area contributed by atoms with Crippen LogP contribution in [0.2, 0.25) is 0 Å². The molecule has 0 saturated heterocycles. The predicted octanol–water partition coefficient (Wildman–Crippen LogP) is 3.88. The number of hydrogen-bond donors (Lipinski definition) is 0. The van der Waals surface area contributed by atoms with Crippen LogP contribution in [0.1, 0.15) is 22.3 Å². The van der Waals surface area contributed by atoms with E-state index < -0.39 is 0 Å². The molecule has 1 heteroatoms. The summed E-state index contributed by atoms with van der Waals surface area (Å²) in [6.07, 6.45) is 2.27. The molecule has 0 spiro atoms. The largest absolute Gasteiger partial charge is 0.0590 e. The smallest absolute Gasteiger partial charge is 0.0211 e. The van der Waals surface area contributed by atoms with Crippen LogP contribution in [-0.4, -0.2) is 0 Å². The zero-order valence-electron chi connectivity index (χ0n) is 9.54. The van der Waals surface area contributed by atoms with Gasteiger partial charge in [0.2, 0.25) is 0 Å². The van der Waals surface area contributed by atoms with E-state index in [0.717, 1.165) is 0 Å². The summed E-state index contributed by atoms with van der Waals surface area (Å²) in [4.78, 5) is 0. The molecule has 0 saturated carbocycles. The molecule has 16 heavy (non-hydrogen) atoms. The summed E-state index contributed by atoms with van der Waals surface area (Å²) in [5.74, 6) is 0. The first-order chi connectivity index (χ1) is 7.24. The van der Waals surface area contributed by atoms with E-state index in [1.807, 2.05) is 0 Å². The van der Waals surface area contributed by atoms with Gasteiger partial charge in [-0.2, -0.15) is 0 Å². The Kier molecular flexibility index (Phi) is 3.05. The van der Waals surface area contributed by atoms with E-state index in [-0.39, 0.29) is 21.7 Å². The van der Waals surface area contributed by atoms with Gasteiger partial charge in [0.05, 0.1) is 0 Å². The molecule has 0 heterocycles. The molecule has 0 N–H and O–H groups in total. The minimum Gasteiger partial charge on any atom is -0.0590 e. The van der Waals surface area contributed by atoms with E-state index in [0.29, 0.717) is 0 Å². The van der Waals surface area contributed by atoms with E-state index in [1.165, 1.54) is 33.4 Å². The molecule has 0 aliphatic heterocycles. The van der Waals surface area contributed by atoms with Gasteiger partial charge in [-0.15, -0.1) is 0 Å². The van der Waals surface area contributed by atoms with Crippen LogP contribution in [0.25, 0.3) is 11.1 Å². The molecule has 2 aromatic rings. The summed E-state index contributed by atoms with van der Waals surface area (Å²) in [6.45, 7) is 4.29. The van der Waals surface area contributed by atoms with Crippen molar-refractivity contribution in [2.24, 2.45) is 0 Å². The fourth-order valence-electron chi connectivity index (χ4n) is 2.23. The van der Waals surface area contributed by atoms with Crippen molar-refractivity contribution in [3.05, 3.63) is 65.1 Å². The van der Waals surface area contributed by atoms with Crippen molar-refractivity contribution >= 4 is 0 Å². The van der Waals surface area contributed by atoms with E-state index in [1.54, 1.807) is 0 Å². The minimum atomic E-state index is 0. The van der Waals surface area contributed by atoms with Gasteiger partial charge in [-0.3, -0.25) is 0 Å². The zero-order chi connectivity index (χ0) is 10.4. The maximum Gasteiger partial charge on any atom is 0.0211 e. The number of fused-ring (bicyclic) bond motifs is 3. The van der Waals surface area contributed by atoms with E-state index >= 15 is 0 Å². The average Bonchev–Trinajstić information content (AvgIpc) is 2.56. The molecule has 77 valence electrons. The van der Waals surface area contributed by atoms with Crippen molar-refractivity contribution in [3.8, 4) is 11.1 Å². The molecule has 1 aliphatic rings. The molecule has 0 bridgehead atoms. The Morgan fingerprint density at radius 3 is 1.56 bits per heavy atom. The van der Waals surface area contributed by atoms with Gasteiger partial charge in [-0.25, -0.2) is 0 Å². The van der Waals surface area contributed by atoms with Crippen LogP contribution < -0.4 is 0 Å². The normalized spacial score (nSPS) is 11.6. The topological polar surface area (TPSA) is 0 Å². The summed E-state index contributed by atoms with van der Waals surface area (Å²) in [5, 5.41) is 0. The Morgan fingerprint density at radius 1 is 0.688 bits per heavy atom. The van der Waals surface area contributed by atoms with Crippen LogP contribution in [0.5, 0.6) is 0 Å². The summed E-state index contributed by atoms with van der Waals surface area (Å²) in [7, 11) is 0. The van der Waals surface area contributed by atoms with Crippen molar-refractivity contribution in [3.63, 3.8) is 0 Å². The summed E-state index contributed by atoms with van der Waals surface area (Å²) < 4.78 is 0. The van der Waals surface area contributed by atoms with Crippen molar-refractivity contribution in [2.75, 3.05) is 0 Å². The fraction of sp³-hybridized carbons (Fsp3) is 0.133. The molecule has 0 atom stereocenters. The number of aryl methyl sites for hydroxylation is 2. The van der Waals surface area contributed by atoms with Gasteiger partial charge < -0.3 is 0 Å². The van der Waals surface area contributed by atoms with Gasteiger partial charge in [-0.1, -0.05) is 47.5 Å². The summed E-state index contributed by atoms with van der Waals surface area (Å²) in [5.41, 5.74) is 8.12. The molecule has 1 radical (unpaired) electrons. The zero-order valence-corrected chi connectivity index (χ0v) is 11.1. The first kappa shape index (κ1) is 11.6. The summed E-state index contributed by atoms with van der Waals surface area (Å²) >= 11 is 0. The Labute approximate surface area is 112 Å². The van der Waals surface area contributed by atoms with Gasteiger partial charge in [0.25, 0.3) is 0 Å². The first-order valence-electron chi connectivity index (χ1n) is 5.30. The van der Waals surface area contributed by atoms with Crippen LogP contribution in [-0.2, 0) is 21.7 Å². The molecule has 3 rings (SSSR count). The van der Waals surface area contributed by atoms with Gasteiger partial charge in [0.15, 0.2) is 0 Å². The van der Waals surface area contributed by atoms with E-state index in [9.17, 15) is 0 Å². The molecule has 0 fully saturated rings. The second-order valence-electron chi connectivity index (χ2n) is 4.33. The van der Waals surface area contributed by atoms with Crippen molar-refractivity contribution in [1.82, 2.24) is 0 Å². The van der Waals surface area contributed by atoms with Crippen LogP contribution in [0, 0.1) is 20.3 Å². The monoisotopic (exact) mass is 241 g/mol. The third-order valence-electron chi connectivity index (χ3n) is 3.02. The fourth-order valence-corrected chi connectivity index (χ4v) is 2.23. The molecule has 0 nitrogen and oxygen atoms in total. The molecule has 2 aromatic carbocycles. The van der Waals surface area contributed by atoms with Gasteiger partial charge in [0, 0.05) is 28.1 Å². The minimum absolute atomic E-state index is 0. The molecule has 0 unspecified atom stereocenters. The summed E-state index contributed by atoms with van der Waals surface area (Å²) in [6, 6.07) is 13.3. The molecule has 1 aliphatic carbocycles. The van der Waals surface area contributed by atoms with Crippen LogP contribution in [0.4, 0.5) is 0 Å². The standard InChI is InChI=1S/C15H13.Ti/c1-10-3-5-12-9-13-6-4-11(2)8-15(13)14(12)7-10;/h3-9H,1-2H3;. The van der Waals surface area contributed by atoms with Gasteiger partial charge in [0.1, 0.15) is 0 Å². The predicted molar refractivity (Wildman–Crippen MR) is 63.9 cm³/mol. The van der Waals surface area contributed by atoms with Crippen LogP contribution in [0.3, 0.4) is 0 Å². The third-order valence-corrected chi connectivity index (χ3v) is 3.02. The quantitative estimate of drug-likeness (QED) is 0.524. The van der Waals surface area contributed by atoms with Gasteiger partial charge in [-0.05, 0) is 36.1 Å². The molecule has 0 amide bonds. The Morgan fingerprint density at radius 2 is 1.12 bits per heavy atom. The Bertz CT molecular complexity index is 492. The molecular weight excluding hydrogens is 228 g/mol. The third kappa shape index (κ3) is 1.77. The maximum absolute atomic E-state index is 2.27. The number of rotatable bonds is 0. The maximum atomic E-state index is 2.27. The second kappa shape index (κ2) is 4.20. The van der Waals surface area contributed by atoms with Crippen LogP contribution in [0.15, 0.2) is 36.4 Å². The van der Waals surface area contributed by atoms with Crippen molar-refractivity contribution < 1.29 is 21.7 Å². The van der Waals surface area contributed by atoms with E-state index in [4.69, 9.17) is 0 Å². The Hall–Kier alpha value is -0.846. The first-order valence-corrected chi connectivity index (χ1v) is 5.30. The van der Waals surface area contributed by atoms with Crippen molar-refractivity contribution in [1.29, 1.82) is 0 Å². The van der Waals surface area contributed by atoms with Crippen molar-refractivity contribution in [2.45, 2.75) is 13.8 Å². The number of benzene rings is 2.